The van der Waals surface area contributed by atoms with Gasteiger partial charge in [-0.15, -0.1) is 0 Å². The summed E-state index contributed by atoms with van der Waals surface area (Å²) in [5.74, 6) is 0.956. The molecular weight excluding hydrogens is 542 g/mol. The molecule has 2 aliphatic heterocycles. The largest absolute Gasteiger partial charge is 0.229 e. The molecule has 0 spiro atoms. The highest BCUT2D eigenvalue weighted by Crippen LogP contribution is 2.43. The van der Waals surface area contributed by atoms with E-state index in [1.165, 1.54) is 0 Å². The van der Waals surface area contributed by atoms with Gasteiger partial charge in [-0.05, 0) is 0 Å². The van der Waals surface area contributed by atoms with Crippen molar-refractivity contribution in [2.75, 3.05) is 23.0 Å². The van der Waals surface area contributed by atoms with Gasteiger partial charge in [0.05, 0.1) is 23.0 Å². The molecule has 0 aromatic carbocycles. The van der Waals surface area contributed by atoms with E-state index in [0.29, 0.717) is 0 Å². The molecule has 18 heavy (non-hydrogen) atoms. The second-order valence-electron chi connectivity index (χ2n) is 4.46. The van der Waals surface area contributed by atoms with Crippen LogP contribution in [0.5, 0.6) is 0 Å². The van der Waals surface area contributed by atoms with Gasteiger partial charge in [-0.3, -0.25) is 0 Å². The summed E-state index contributed by atoms with van der Waals surface area (Å²) in [6, 6.07) is 0. The van der Waals surface area contributed by atoms with E-state index in [4.69, 9.17) is 0 Å². The fraction of sp³-hybridized carbons (Fsp3) is 1.00. The van der Waals surface area contributed by atoms with Crippen molar-refractivity contribution in [2.24, 2.45) is 0 Å². The van der Waals surface area contributed by atoms with Crippen LogP contribution in [0.1, 0.15) is 0 Å². The molecule has 2 saturated heterocycles. The number of rotatable bonds is 3. The number of alkyl halides is 2. The van der Waals surface area contributed by atoms with E-state index in [0.717, 1.165) is 0 Å². The molecule has 0 aliphatic carbocycles. The average Bonchev–Trinajstić information content (AvgIpc) is 2.59. The zero-order valence-electron chi connectivity index (χ0n) is 9.16. The molecule has 4 nitrogen and oxygen atoms in total. The third-order valence-electron chi connectivity index (χ3n) is 2.77. The summed E-state index contributed by atoms with van der Waals surface area (Å²) in [6.45, 7) is 0. The van der Waals surface area contributed by atoms with Gasteiger partial charge >= 0.3 is 0 Å². The van der Waals surface area contributed by atoms with E-state index in [1.807, 2.05) is 0 Å². The van der Waals surface area contributed by atoms with Crippen molar-refractivity contribution >= 4 is 86.4 Å². The van der Waals surface area contributed by atoms with Gasteiger partial charge in [0, 0.05) is 18.3 Å². The van der Waals surface area contributed by atoms with Crippen LogP contribution in [0.2, 0.25) is 0 Å². The SMILES string of the molecule is O=S1(=O)C[C@@H](I)[C@H](SS[C@@H]2CS(=O)(=O)C[C@@H]2I)C1. The maximum absolute atomic E-state index is 11.5. The minimum atomic E-state index is -2.89. The zero-order valence-corrected chi connectivity index (χ0v) is 16.7. The maximum Gasteiger partial charge on any atom is 0.152 e. The van der Waals surface area contributed by atoms with Gasteiger partial charge in [-0.1, -0.05) is 66.8 Å². The van der Waals surface area contributed by atoms with Crippen LogP contribution in [0.15, 0.2) is 0 Å². The molecule has 0 bridgehead atoms. The van der Waals surface area contributed by atoms with E-state index in [9.17, 15) is 16.8 Å². The first-order valence-electron chi connectivity index (χ1n) is 5.20. The third kappa shape index (κ3) is 4.28. The van der Waals surface area contributed by atoms with Crippen molar-refractivity contribution in [2.45, 2.75) is 18.3 Å². The van der Waals surface area contributed by atoms with Crippen molar-refractivity contribution in [3.8, 4) is 0 Å². The molecule has 0 amide bonds. The zero-order chi connectivity index (χ0) is 13.6. The smallest absolute Gasteiger partial charge is 0.152 e. The molecule has 0 aromatic rings. The lowest BCUT2D eigenvalue weighted by molar-refractivity contribution is 0.600. The van der Waals surface area contributed by atoms with Crippen molar-refractivity contribution in [1.82, 2.24) is 0 Å². The first kappa shape index (κ1) is 16.4. The van der Waals surface area contributed by atoms with Crippen LogP contribution in [0.25, 0.3) is 0 Å². The summed E-state index contributed by atoms with van der Waals surface area (Å²) in [4.78, 5) is 0. The molecule has 0 unspecified atom stereocenters. The predicted molar refractivity (Wildman–Crippen MR) is 95.7 cm³/mol. The Bertz CT molecular complexity index is 469. The Morgan fingerprint density at radius 1 is 0.722 bits per heavy atom. The van der Waals surface area contributed by atoms with Crippen molar-refractivity contribution in [3.63, 3.8) is 0 Å². The second kappa shape index (κ2) is 6.05. The molecule has 4 atom stereocenters. The maximum atomic E-state index is 11.5. The van der Waals surface area contributed by atoms with Crippen LogP contribution in [0.4, 0.5) is 0 Å². The van der Waals surface area contributed by atoms with Crippen LogP contribution >= 0.6 is 66.8 Å². The monoisotopic (exact) mass is 554 g/mol. The lowest BCUT2D eigenvalue weighted by atomic mass is 10.4. The fourth-order valence-electron chi connectivity index (χ4n) is 1.86. The number of hydrogen-bond acceptors (Lipinski definition) is 6. The Balaban J connectivity index is 1.90. The molecule has 0 radical (unpaired) electrons. The molecule has 106 valence electrons. The van der Waals surface area contributed by atoms with Crippen molar-refractivity contribution < 1.29 is 16.8 Å². The lowest BCUT2D eigenvalue weighted by Gasteiger charge is -2.15. The summed E-state index contributed by atoms with van der Waals surface area (Å²) >= 11 is 4.37. The molecular formula is C8H12I2O4S4. The first-order valence-corrected chi connectivity index (χ1v) is 13.6. The number of sulfone groups is 2. The molecule has 2 fully saturated rings. The first-order chi connectivity index (χ1) is 8.19. The van der Waals surface area contributed by atoms with Gasteiger partial charge in [0.25, 0.3) is 0 Å². The Kier molecular flexibility index (Phi) is 5.52. The molecule has 2 heterocycles. The third-order valence-corrected chi connectivity index (χ3v) is 14.9. The van der Waals surface area contributed by atoms with Crippen LogP contribution < -0.4 is 0 Å². The highest BCUT2D eigenvalue weighted by molar-refractivity contribution is 14.1. The number of halogens is 2. The average molecular weight is 554 g/mol. The molecule has 0 saturated carbocycles. The highest BCUT2D eigenvalue weighted by Gasteiger charge is 2.40. The minimum absolute atomic E-state index is 0.0903. The van der Waals surface area contributed by atoms with Crippen LogP contribution in [0.3, 0.4) is 0 Å². The second-order valence-corrected chi connectivity index (χ2v) is 14.7. The van der Waals surface area contributed by atoms with E-state index >= 15 is 0 Å². The molecule has 0 aromatic heterocycles. The van der Waals surface area contributed by atoms with Gasteiger partial charge in [0.1, 0.15) is 0 Å². The molecule has 2 rings (SSSR count). The van der Waals surface area contributed by atoms with E-state index in [1.54, 1.807) is 21.6 Å². The van der Waals surface area contributed by atoms with Gasteiger partial charge in [-0.2, -0.15) is 0 Å². The van der Waals surface area contributed by atoms with Gasteiger partial charge in [0.2, 0.25) is 0 Å². The summed E-state index contributed by atoms with van der Waals surface area (Å²) in [7, 11) is -2.66. The predicted octanol–water partition coefficient (Wildman–Crippen LogP) is 1.57. The summed E-state index contributed by atoms with van der Waals surface area (Å²) in [5.41, 5.74) is 0. The Morgan fingerprint density at radius 2 is 1.06 bits per heavy atom. The van der Waals surface area contributed by atoms with E-state index in [2.05, 4.69) is 45.2 Å². The standard InChI is InChI=1S/C8H12I2O4S4/c9-5-1-17(11,12)3-7(5)15-16-8-4-18(13,14)2-6(8)10/h5-8H,1-4H2/t5-,6+,7-,8-/m1/s1. The van der Waals surface area contributed by atoms with E-state index < -0.39 is 19.7 Å². The Labute approximate surface area is 143 Å². The van der Waals surface area contributed by atoms with E-state index in [-0.39, 0.29) is 41.4 Å². The highest BCUT2D eigenvalue weighted by atomic mass is 127. The van der Waals surface area contributed by atoms with Crippen LogP contribution in [-0.2, 0) is 19.7 Å². The topological polar surface area (TPSA) is 68.3 Å². The molecule has 2 aliphatic rings. The lowest BCUT2D eigenvalue weighted by Crippen LogP contribution is -2.16. The normalized spacial score (nSPS) is 42.1. The summed E-state index contributed by atoms with van der Waals surface area (Å²) in [5, 5.41) is 0.181. The quantitative estimate of drug-likeness (QED) is 0.300. The molecule has 10 heteroatoms. The van der Waals surface area contributed by atoms with Gasteiger partial charge < -0.3 is 0 Å². The van der Waals surface area contributed by atoms with Crippen LogP contribution in [0, 0.1) is 0 Å². The minimum Gasteiger partial charge on any atom is -0.229 e. The summed E-state index contributed by atoms with van der Waals surface area (Å²) in [6.07, 6.45) is 0. The fourth-order valence-corrected chi connectivity index (χ4v) is 16.9. The number of hydrogen-bond donors (Lipinski definition) is 0. The van der Waals surface area contributed by atoms with Gasteiger partial charge in [-0.25, -0.2) is 16.8 Å². The van der Waals surface area contributed by atoms with Crippen molar-refractivity contribution in [3.05, 3.63) is 0 Å². The Morgan fingerprint density at radius 3 is 1.28 bits per heavy atom. The molecule has 0 N–H and O–H groups in total. The van der Waals surface area contributed by atoms with Gasteiger partial charge in [0.15, 0.2) is 19.7 Å². The Hall–Kier alpha value is 2.06. The van der Waals surface area contributed by atoms with Crippen molar-refractivity contribution in [1.29, 1.82) is 0 Å². The van der Waals surface area contributed by atoms with Crippen LogP contribution in [-0.4, -0.2) is 58.2 Å². The summed E-state index contributed by atoms with van der Waals surface area (Å²) < 4.78 is 46.2.